The highest BCUT2D eigenvalue weighted by atomic mass is 32.2. The smallest absolute Gasteiger partial charge is 0.288 e. The first-order chi connectivity index (χ1) is 6.95. The Morgan fingerprint density at radius 2 is 1.80 bits per heavy atom. The summed E-state index contributed by atoms with van der Waals surface area (Å²) in [4.78, 5) is 0.544. The van der Waals surface area contributed by atoms with Crippen LogP contribution in [0, 0.1) is 0 Å². The van der Waals surface area contributed by atoms with Gasteiger partial charge in [0.15, 0.2) is 0 Å². The molecule has 0 aliphatic rings. The van der Waals surface area contributed by atoms with Gasteiger partial charge in [0, 0.05) is 10.3 Å². The molecule has 84 valence electrons. The maximum atomic E-state index is 12.0. The molecule has 0 bridgehead atoms. The molecule has 0 radical (unpaired) electrons. The lowest BCUT2D eigenvalue weighted by Crippen LogP contribution is -2.21. The second-order valence-corrected chi connectivity index (χ2v) is 5.01. The molecular weight excluding hydrogens is 218 g/mol. The summed E-state index contributed by atoms with van der Waals surface area (Å²) in [6.45, 7) is 3.85. The van der Waals surface area contributed by atoms with Crippen molar-refractivity contribution in [1.82, 2.24) is 0 Å². The monoisotopic (exact) mass is 232 g/mol. The van der Waals surface area contributed by atoms with Crippen LogP contribution in [0.4, 0.5) is 8.78 Å². The van der Waals surface area contributed by atoms with Crippen LogP contribution in [0.3, 0.4) is 0 Å². The van der Waals surface area contributed by atoms with Gasteiger partial charge in [-0.3, -0.25) is 0 Å². The summed E-state index contributed by atoms with van der Waals surface area (Å²) >= 11 is 0.530. The minimum Gasteiger partial charge on any atom is -0.395 e. The second-order valence-electron chi connectivity index (χ2n) is 3.94. The van der Waals surface area contributed by atoms with Crippen molar-refractivity contribution in [2.24, 2.45) is 0 Å². The zero-order valence-electron chi connectivity index (χ0n) is 8.71. The highest BCUT2D eigenvalue weighted by Gasteiger charge is 2.19. The van der Waals surface area contributed by atoms with Gasteiger partial charge in [0.05, 0.1) is 6.61 Å². The molecule has 0 atom stereocenters. The van der Waals surface area contributed by atoms with Gasteiger partial charge >= 0.3 is 0 Å². The summed E-state index contributed by atoms with van der Waals surface area (Å²) in [5, 5.41) is 9.14. The number of hydrogen-bond donors (Lipinski definition) is 1. The van der Waals surface area contributed by atoms with Crippen LogP contribution in [0.5, 0.6) is 0 Å². The Kier molecular flexibility index (Phi) is 4.11. The molecule has 0 amide bonds. The molecule has 1 aromatic carbocycles. The fourth-order valence-electron chi connectivity index (χ4n) is 1.18. The van der Waals surface area contributed by atoms with Crippen LogP contribution in [0.15, 0.2) is 29.2 Å². The fraction of sp³-hybridized carbons (Fsp3) is 0.455. The van der Waals surface area contributed by atoms with Crippen molar-refractivity contribution in [3.05, 3.63) is 29.8 Å². The maximum absolute atomic E-state index is 12.0. The van der Waals surface area contributed by atoms with Gasteiger partial charge in [-0.2, -0.15) is 8.78 Å². The minimum atomic E-state index is -2.39. The summed E-state index contributed by atoms with van der Waals surface area (Å²) < 4.78 is 24.1. The first-order valence-corrected chi connectivity index (χ1v) is 5.50. The third-order valence-electron chi connectivity index (χ3n) is 2.26. The van der Waals surface area contributed by atoms with E-state index in [1.165, 1.54) is 0 Å². The number of alkyl halides is 2. The van der Waals surface area contributed by atoms with E-state index in [1.54, 1.807) is 24.3 Å². The second kappa shape index (κ2) is 4.94. The topological polar surface area (TPSA) is 20.2 Å². The molecule has 0 saturated heterocycles. The highest BCUT2D eigenvalue weighted by Crippen LogP contribution is 2.28. The van der Waals surface area contributed by atoms with Gasteiger partial charge in [-0.1, -0.05) is 37.7 Å². The lowest BCUT2D eigenvalue weighted by atomic mass is 9.86. The van der Waals surface area contributed by atoms with Gasteiger partial charge in [-0.25, -0.2) is 0 Å². The van der Waals surface area contributed by atoms with E-state index in [0.29, 0.717) is 16.7 Å². The van der Waals surface area contributed by atoms with Crippen LogP contribution in [-0.2, 0) is 5.41 Å². The van der Waals surface area contributed by atoms with Crippen molar-refractivity contribution in [2.75, 3.05) is 6.61 Å². The van der Waals surface area contributed by atoms with Gasteiger partial charge in [-0.05, 0) is 17.7 Å². The molecule has 0 aliphatic heterocycles. The number of benzene rings is 1. The van der Waals surface area contributed by atoms with Crippen molar-refractivity contribution in [1.29, 1.82) is 0 Å². The summed E-state index contributed by atoms with van der Waals surface area (Å²) in [5.41, 5.74) is 0.622. The quantitative estimate of drug-likeness (QED) is 0.804. The standard InChI is InChI=1S/C11H14F2OS/c1-11(2,7-14)8-3-5-9(6-4-8)15-10(12)13/h3-6,10,14H,7H2,1-2H3. The largest absolute Gasteiger partial charge is 0.395 e. The number of halogens is 2. The molecule has 1 nitrogen and oxygen atoms in total. The molecule has 15 heavy (non-hydrogen) atoms. The number of aliphatic hydroxyl groups excluding tert-OH is 1. The van der Waals surface area contributed by atoms with E-state index in [0.717, 1.165) is 5.56 Å². The van der Waals surface area contributed by atoms with Crippen LogP contribution in [0.25, 0.3) is 0 Å². The minimum absolute atomic E-state index is 0.0360. The van der Waals surface area contributed by atoms with E-state index in [2.05, 4.69) is 0 Å². The van der Waals surface area contributed by atoms with Crippen LogP contribution < -0.4 is 0 Å². The van der Waals surface area contributed by atoms with Crippen LogP contribution >= 0.6 is 11.8 Å². The van der Waals surface area contributed by atoms with Crippen molar-refractivity contribution in [3.63, 3.8) is 0 Å². The average molecular weight is 232 g/mol. The summed E-state index contributed by atoms with van der Waals surface area (Å²) in [6.07, 6.45) is 0. The van der Waals surface area contributed by atoms with Crippen LogP contribution in [0.2, 0.25) is 0 Å². The molecular formula is C11H14F2OS. The molecule has 1 N–H and O–H groups in total. The molecule has 1 aromatic rings. The first-order valence-electron chi connectivity index (χ1n) is 4.62. The molecule has 0 unspecified atom stereocenters. The van der Waals surface area contributed by atoms with Crippen LogP contribution in [0.1, 0.15) is 19.4 Å². The normalized spacial score (nSPS) is 12.1. The third-order valence-corrected chi connectivity index (χ3v) is 2.98. The highest BCUT2D eigenvalue weighted by molar-refractivity contribution is 7.99. The Bertz CT molecular complexity index is 309. The molecule has 0 aliphatic carbocycles. The number of aliphatic hydroxyl groups is 1. The molecule has 0 fully saturated rings. The molecule has 0 saturated carbocycles. The van der Waals surface area contributed by atoms with Crippen molar-refractivity contribution in [2.45, 2.75) is 29.9 Å². The molecule has 1 rings (SSSR count). The number of hydrogen-bond acceptors (Lipinski definition) is 2. The summed E-state index contributed by atoms with van der Waals surface area (Å²) in [5.74, 6) is -2.39. The first kappa shape index (κ1) is 12.5. The zero-order valence-corrected chi connectivity index (χ0v) is 9.52. The Hall–Kier alpha value is -0.610. The van der Waals surface area contributed by atoms with E-state index in [4.69, 9.17) is 5.11 Å². The van der Waals surface area contributed by atoms with Gasteiger partial charge in [-0.15, -0.1) is 0 Å². The van der Waals surface area contributed by atoms with Gasteiger partial charge in [0.25, 0.3) is 5.76 Å². The summed E-state index contributed by atoms with van der Waals surface area (Å²) in [6, 6.07) is 6.87. The molecule has 0 heterocycles. The molecule has 0 aromatic heterocycles. The van der Waals surface area contributed by atoms with E-state index >= 15 is 0 Å². The fourth-order valence-corrected chi connectivity index (χ4v) is 1.68. The van der Waals surface area contributed by atoms with Crippen molar-refractivity contribution >= 4 is 11.8 Å². The van der Waals surface area contributed by atoms with E-state index in [-0.39, 0.29) is 12.0 Å². The Morgan fingerprint density at radius 3 is 2.20 bits per heavy atom. The Morgan fingerprint density at radius 1 is 1.27 bits per heavy atom. The van der Waals surface area contributed by atoms with E-state index < -0.39 is 5.76 Å². The van der Waals surface area contributed by atoms with Crippen LogP contribution in [-0.4, -0.2) is 17.5 Å². The van der Waals surface area contributed by atoms with Gasteiger partial charge < -0.3 is 5.11 Å². The van der Waals surface area contributed by atoms with Gasteiger partial charge in [0.2, 0.25) is 0 Å². The molecule has 4 heteroatoms. The lowest BCUT2D eigenvalue weighted by molar-refractivity contribution is 0.218. The Labute approximate surface area is 92.5 Å². The van der Waals surface area contributed by atoms with Gasteiger partial charge in [0.1, 0.15) is 0 Å². The predicted molar refractivity (Wildman–Crippen MR) is 58.4 cm³/mol. The SMILES string of the molecule is CC(C)(CO)c1ccc(SC(F)F)cc1. The lowest BCUT2D eigenvalue weighted by Gasteiger charge is -2.22. The Balaban J connectivity index is 2.81. The molecule has 0 spiro atoms. The van der Waals surface area contributed by atoms with Crippen molar-refractivity contribution in [3.8, 4) is 0 Å². The zero-order chi connectivity index (χ0) is 11.5. The van der Waals surface area contributed by atoms with Crippen molar-refractivity contribution < 1.29 is 13.9 Å². The predicted octanol–water partition coefficient (Wildman–Crippen LogP) is 3.27. The third kappa shape index (κ3) is 3.47. The van der Waals surface area contributed by atoms with E-state index in [9.17, 15) is 8.78 Å². The maximum Gasteiger partial charge on any atom is 0.288 e. The summed E-state index contributed by atoms with van der Waals surface area (Å²) in [7, 11) is 0. The number of rotatable bonds is 4. The van der Waals surface area contributed by atoms with E-state index in [1.807, 2.05) is 13.8 Å². The average Bonchev–Trinajstić information content (AvgIpc) is 2.18. The number of thioether (sulfide) groups is 1.